The first-order valence-electron chi connectivity index (χ1n) is 6.95. The molecule has 92 valence electrons. The summed E-state index contributed by atoms with van der Waals surface area (Å²) < 4.78 is 0. The minimum atomic E-state index is 0.470. The summed E-state index contributed by atoms with van der Waals surface area (Å²) in [5.74, 6) is 1.00. The third-order valence-electron chi connectivity index (χ3n) is 3.36. The summed E-state index contributed by atoms with van der Waals surface area (Å²) in [4.78, 5) is 11.6. The molecule has 0 spiro atoms. The predicted octanol–water partition coefficient (Wildman–Crippen LogP) is 4.66. The van der Waals surface area contributed by atoms with Gasteiger partial charge in [0.2, 0.25) is 0 Å². The Balaban J connectivity index is 2.33. The second kappa shape index (κ2) is 8.55. The van der Waals surface area contributed by atoms with E-state index in [4.69, 9.17) is 0 Å². The van der Waals surface area contributed by atoms with Gasteiger partial charge in [0.15, 0.2) is 0 Å². The van der Waals surface area contributed by atoms with Crippen molar-refractivity contribution in [1.82, 2.24) is 0 Å². The number of carbonyl (C=O) groups is 1. The summed E-state index contributed by atoms with van der Waals surface area (Å²) in [6.07, 6.45) is 16.2. The van der Waals surface area contributed by atoms with Gasteiger partial charge >= 0.3 is 0 Å². The lowest BCUT2D eigenvalue weighted by molar-refractivity contribution is -0.119. The molecule has 0 aliphatic heterocycles. The Kier molecular flexibility index (Phi) is 7.20. The van der Waals surface area contributed by atoms with Gasteiger partial charge in [0.1, 0.15) is 5.78 Å². The van der Waals surface area contributed by atoms with Gasteiger partial charge in [-0.3, -0.25) is 4.79 Å². The molecule has 1 atom stereocenters. The van der Waals surface area contributed by atoms with Gasteiger partial charge < -0.3 is 0 Å². The maximum Gasteiger partial charge on any atom is 0.133 e. The number of ketones is 1. The molecule has 1 nitrogen and oxygen atoms in total. The van der Waals surface area contributed by atoms with E-state index in [0.717, 1.165) is 25.7 Å². The highest BCUT2D eigenvalue weighted by Gasteiger charge is 2.07. The van der Waals surface area contributed by atoms with Crippen LogP contribution in [0.4, 0.5) is 0 Å². The van der Waals surface area contributed by atoms with E-state index < -0.39 is 0 Å². The predicted molar refractivity (Wildman–Crippen MR) is 69.5 cm³/mol. The Morgan fingerprint density at radius 3 is 2.50 bits per heavy atom. The number of Topliss-reactive ketones (excluding diaryl/α,β-unsaturated/α-hetero) is 1. The van der Waals surface area contributed by atoms with E-state index in [0.29, 0.717) is 11.7 Å². The highest BCUT2D eigenvalue weighted by atomic mass is 16.1. The van der Waals surface area contributed by atoms with Gasteiger partial charge in [0.05, 0.1) is 0 Å². The van der Waals surface area contributed by atoms with Gasteiger partial charge in [-0.15, -0.1) is 0 Å². The Hall–Kier alpha value is -0.590. The SMILES string of the molecule is C[C@H]1C/C=C/CCCCCCCCC(=O)C1. The van der Waals surface area contributed by atoms with Gasteiger partial charge in [0, 0.05) is 12.8 Å². The average molecular weight is 222 g/mol. The van der Waals surface area contributed by atoms with Crippen molar-refractivity contribution < 1.29 is 4.79 Å². The van der Waals surface area contributed by atoms with E-state index >= 15 is 0 Å². The molecular formula is C15H26O. The molecule has 1 aliphatic rings. The molecule has 0 unspecified atom stereocenters. The number of carbonyl (C=O) groups excluding carboxylic acids is 1. The van der Waals surface area contributed by atoms with Crippen LogP contribution in [0.3, 0.4) is 0 Å². The molecule has 0 saturated carbocycles. The van der Waals surface area contributed by atoms with Gasteiger partial charge in [-0.1, -0.05) is 44.8 Å². The first-order chi connectivity index (χ1) is 7.79. The number of rotatable bonds is 0. The van der Waals surface area contributed by atoms with Gasteiger partial charge in [0.25, 0.3) is 0 Å². The maximum atomic E-state index is 11.6. The number of hydrogen-bond donors (Lipinski definition) is 0. The fraction of sp³-hybridized carbons (Fsp3) is 0.800. The van der Waals surface area contributed by atoms with Crippen LogP contribution in [-0.4, -0.2) is 5.78 Å². The Morgan fingerprint density at radius 2 is 1.69 bits per heavy atom. The van der Waals surface area contributed by atoms with Crippen molar-refractivity contribution in [1.29, 1.82) is 0 Å². The van der Waals surface area contributed by atoms with Gasteiger partial charge in [-0.05, 0) is 31.6 Å². The number of allylic oxidation sites excluding steroid dienone is 2. The lowest BCUT2D eigenvalue weighted by Gasteiger charge is -2.08. The molecule has 1 rings (SSSR count). The Bertz CT molecular complexity index is 217. The Morgan fingerprint density at radius 1 is 1.00 bits per heavy atom. The van der Waals surface area contributed by atoms with Crippen LogP contribution in [0.2, 0.25) is 0 Å². The highest BCUT2D eigenvalue weighted by Crippen LogP contribution is 2.15. The Labute approximate surface area is 100 Å². The van der Waals surface area contributed by atoms with Crippen molar-refractivity contribution in [2.24, 2.45) is 5.92 Å². The monoisotopic (exact) mass is 222 g/mol. The second-order valence-corrected chi connectivity index (χ2v) is 5.22. The van der Waals surface area contributed by atoms with Crippen LogP contribution in [0.5, 0.6) is 0 Å². The lowest BCUT2D eigenvalue weighted by atomic mass is 9.97. The molecule has 0 bridgehead atoms. The van der Waals surface area contributed by atoms with E-state index in [-0.39, 0.29) is 0 Å². The summed E-state index contributed by atoms with van der Waals surface area (Å²) in [7, 11) is 0. The standard InChI is InChI=1S/C15H26O/c1-14-11-9-7-5-3-2-4-6-8-10-12-15(16)13-14/h7,9,14H,2-6,8,10-13H2,1H3/b9-7+/t14-/m0/s1. The van der Waals surface area contributed by atoms with Crippen molar-refractivity contribution in [2.75, 3.05) is 0 Å². The first-order valence-corrected chi connectivity index (χ1v) is 6.95. The van der Waals surface area contributed by atoms with Gasteiger partial charge in [-0.2, -0.15) is 0 Å². The van der Waals surface area contributed by atoms with Crippen LogP contribution in [0, 0.1) is 5.92 Å². The quantitative estimate of drug-likeness (QED) is 0.545. The average Bonchev–Trinajstić information content (AvgIpc) is 2.25. The molecule has 0 amide bonds. The fourth-order valence-electron chi connectivity index (χ4n) is 2.31. The molecule has 0 saturated heterocycles. The third kappa shape index (κ3) is 6.81. The summed E-state index contributed by atoms with van der Waals surface area (Å²) in [5.41, 5.74) is 0. The molecule has 0 aromatic rings. The second-order valence-electron chi connectivity index (χ2n) is 5.22. The molecule has 0 fully saturated rings. The summed E-state index contributed by atoms with van der Waals surface area (Å²) in [5, 5.41) is 0. The molecule has 1 heteroatoms. The topological polar surface area (TPSA) is 17.1 Å². The summed E-state index contributed by atoms with van der Waals surface area (Å²) in [6.45, 7) is 2.19. The third-order valence-corrected chi connectivity index (χ3v) is 3.36. The van der Waals surface area contributed by atoms with Crippen LogP contribution < -0.4 is 0 Å². The molecule has 0 aromatic heterocycles. The first kappa shape index (κ1) is 13.5. The van der Waals surface area contributed by atoms with E-state index in [9.17, 15) is 4.79 Å². The van der Waals surface area contributed by atoms with E-state index in [1.807, 2.05) is 0 Å². The van der Waals surface area contributed by atoms with Crippen molar-refractivity contribution in [3.63, 3.8) is 0 Å². The summed E-state index contributed by atoms with van der Waals surface area (Å²) >= 11 is 0. The largest absolute Gasteiger partial charge is 0.300 e. The van der Waals surface area contributed by atoms with E-state index in [2.05, 4.69) is 19.1 Å². The van der Waals surface area contributed by atoms with E-state index in [1.54, 1.807) is 0 Å². The van der Waals surface area contributed by atoms with Crippen LogP contribution in [0.25, 0.3) is 0 Å². The zero-order valence-electron chi connectivity index (χ0n) is 10.7. The fourth-order valence-corrected chi connectivity index (χ4v) is 2.31. The molecule has 16 heavy (non-hydrogen) atoms. The minimum Gasteiger partial charge on any atom is -0.300 e. The smallest absolute Gasteiger partial charge is 0.133 e. The van der Waals surface area contributed by atoms with E-state index in [1.165, 1.54) is 38.5 Å². The zero-order chi connectivity index (χ0) is 11.6. The van der Waals surface area contributed by atoms with Crippen molar-refractivity contribution in [3.05, 3.63) is 12.2 Å². The maximum absolute atomic E-state index is 11.6. The lowest BCUT2D eigenvalue weighted by Crippen LogP contribution is -2.04. The van der Waals surface area contributed by atoms with Crippen LogP contribution in [0.15, 0.2) is 12.2 Å². The molecule has 0 heterocycles. The zero-order valence-corrected chi connectivity index (χ0v) is 10.7. The summed E-state index contributed by atoms with van der Waals surface area (Å²) in [6, 6.07) is 0. The van der Waals surface area contributed by atoms with Crippen LogP contribution in [-0.2, 0) is 4.79 Å². The molecular weight excluding hydrogens is 196 g/mol. The molecule has 0 aromatic carbocycles. The van der Waals surface area contributed by atoms with Crippen molar-refractivity contribution in [3.8, 4) is 0 Å². The van der Waals surface area contributed by atoms with Crippen molar-refractivity contribution in [2.45, 2.75) is 71.1 Å². The minimum absolute atomic E-state index is 0.470. The molecule has 0 radical (unpaired) electrons. The van der Waals surface area contributed by atoms with Crippen molar-refractivity contribution >= 4 is 5.78 Å². The normalized spacial score (nSPS) is 28.3. The highest BCUT2D eigenvalue weighted by molar-refractivity contribution is 5.78. The molecule has 0 N–H and O–H groups in total. The van der Waals surface area contributed by atoms with Crippen LogP contribution in [0.1, 0.15) is 71.1 Å². The van der Waals surface area contributed by atoms with Crippen LogP contribution >= 0.6 is 0 Å². The van der Waals surface area contributed by atoms with Gasteiger partial charge in [-0.25, -0.2) is 0 Å². The number of hydrogen-bond acceptors (Lipinski definition) is 1. The molecule has 1 aliphatic carbocycles.